The Balaban J connectivity index is 1.01. The molecule has 3 aliphatic carbocycles. The van der Waals surface area contributed by atoms with Crippen LogP contribution in [0.3, 0.4) is 0 Å². The number of aryl methyl sites for hydroxylation is 1. The Morgan fingerprint density at radius 2 is 1.83 bits per heavy atom. The van der Waals surface area contributed by atoms with Gasteiger partial charge in [-0.3, -0.25) is 4.98 Å². The lowest BCUT2D eigenvalue weighted by Gasteiger charge is -2.47. The number of nitrogens with two attached hydrogens (primary N) is 1. The van der Waals surface area contributed by atoms with Crippen LogP contribution in [0.5, 0.6) is 0 Å². The van der Waals surface area contributed by atoms with Crippen molar-refractivity contribution in [1.29, 1.82) is 0 Å². The molecule has 4 nitrogen and oxygen atoms in total. The van der Waals surface area contributed by atoms with E-state index in [0.29, 0.717) is 12.0 Å². The van der Waals surface area contributed by atoms with Crippen LogP contribution in [0, 0.1) is 5.92 Å². The number of fused-ring (bicyclic) bond motifs is 4. The molecule has 4 N–H and O–H groups in total. The summed E-state index contributed by atoms with van der Waals surface area (Å²) in [6, 6.07) is 9.19. The topological polar surface area (TPSA) is 63.0 Å². The van der Waals surface area contributed by atoms with Gasteiger partial charge in [-0.2, -0.15) is 0 Å². The fraction of sp³-hybridized carbons (Fsp3) is 0.594. The molecule has 4 heteroatoms. The van der Waals surface area contributed by atoms with Crippen molar-refractivity contribution in [3.63, 3.8) is 0 Å². The zero-order valence-electron chi connectivity index (χ0n) is 22.5. The third-order valence-electron chi connectivity index (χ3n) is 8.77. The van der Waals surface area contributed by atoms with Gasteiger partial charge in [-0.05, 0) is 95.4 Å². The van der Waals surface area contributed by atoms with Gasteiger partial charge in [0.2, 0.25) is 0 Å². The summed E-state index contributed by atoms with van der Waals surface area (Å²) in [6.07, 6.45) is 19.3. The number of para-hydroxylation sites is 1. The van der Waals surface area contributed by atoms with Crippen LogP contribution in [0.4, 0.5) is 5.69 Å². The molecule has 1 aromatic heterocycles. The predicted octanol–water partition coefficient (Wildman–Crippen LogP) is 6.84. The average Bonchev–Trinajstić information content (AvgIpc) is 2.86. The lowest BCUT2D eigenvalue weighted by molar-refractivity contribution is 0.262. The highest BCUT2D eigenvalue weighted by atomic mass is 14.9. The summed E-state index contributed by atoms with van der Waals surface area (Å²) in [4.78, 5) is 4.97. The maximum absolute atomic E-state index is 6.89. The maximum Gasteiger partial charge on any atom is 0.0726 e. The van der Waals surface area contributed by atoms with Crippen LogP contribution in [0.1, 0.15) is 89.3 Å². The summed E-state index contributed by atoms with van der Waals surface area (Å²) in [5.74, 6) is 0.538. The first kappa shape index (κ1) is 25.5. The minimum Gasteiger partial charge on any atom is -0.384 e. The molecule has 0 saturated heterocycles. The van der Waals surface area contributed by atoms with Gasteiger partial charge in [-0.15, -0.1) is 0 Å². The van der Waals surface area contributed by atoms with Gasteiger partial charge in [0, 0.05) is 40.8 Å². The van der Waals surface area contributed by atoms with Gasteiger partial charge in [0.25, 0.3) is 0 Å². The molecule has 0 spiro atoms. The van der Waals surface area contributed by atoms with Gasteiger partial charge < -0.3 is 16.4 Å². The molecule has 1 saturated carbocycles. The summed E-state index contributed by atoms with van der Waals surface area (Å²) in [5.41, 5.74) is 15.0. The summed E-state index contributed by atoms with van der Waals surface area (Å²) in [7, 11) is 0. The molecule has 0 aliphatic heterocycles. The van der Waals surface area contributed by atoms with Crippen molar-refractivity contribution in [3.05, 3.63) is 58.8 Å². The van der Waals surface area contributed by atoms with Crippen molar-refractivity contribution in [2.75, 3.05) is 18.4 Å². The molecule has 3 aliphatic rings. The lowest BCUT2D eigenvalue weighted by atomic mass is 9.63. The number of anilines is 1. The molecule has 2 aromatic rings. The highest BCUT2D eigenvalue weighted by molar-refractivity contribution is 5.93. The molecular weight excluding hydrogens is 440 g/mol. The van der Waals surface area contributed by atoms with Gasteiger partial charge >= 0.3 is 0 Å². The van der Waals surface area contributed by atoms with Crippen LogP contribution < -0.4 is 16.4 Å². The van der Waals surface area contributed by atoms with E-state index in [-0.39, 0.29) is 5.54 Å². The van der Waals surface area contributed by atoms with Crippen molar-refractivity contribution < 1.29 is 0 Å². The van der Waals surface area contributed by atoms with E-state index in [4.69, 9.17) is 10.7 Å². The van der Waals surface area contributed by atoms with Gasteiger partial charge in [-0.25, -0.2) is 0 Å². The monoisotopic (exact) mass is 486 g/mol. The minimum absolute atomic E-state index is 0.124. The van der Waals surface area contributed by atoms with E-state index >= 15 is 0 Å². The van der Waals surface area contributed by atoms with Crippen molar-refractivity contribution in [2.24, 2.45) is 11.7 Å². The van der Waals surface area contributed by atoms with E-state index in [9.17, 15) is 0 Å². The Kier molecular flexibility index (Phi) is 8.12. The Labute approximate surface area is 218 Å². The van der Waals surface area contributed by atoms with E-state index < -0.39 is 0 Å². The maximum atomic E-state index is 6.89. The smallest absolute Gasteiger partial charge is 0.0726 e. The third-order valence-corrected chi connectivity index (χ3v) is 8.77. The lowest BCUT2D eigenvalue weighted by Crippen LogP contribution is -2.55. The number of hydrogen-bond donors (Lipinski definition) is 3. The molecule has 2 bridgehead atoms. The first-order valence-electron chi connectivity index (χ1n) is 14.6. The number of unbranched alkanes of at least 4 members (excludes halogenated alkanes) is 4. The van der Waals surface area contributed by atoms with E-state index in [0.717, 1.165) is 37.9 Å². The summed E-state index contributed by atoms with van der Waals surface area (Å²) >= 11 is 0. The Morgan fingerprint density at radius 1 is 1.06 bits per heavy atom. The molecule has 5 rings (SSSR count). The van der Waals surface area contributed by atoms with Crippen molar-refractivity contribution in [1.82, 2.24) is 10.3 Å². The van der Waals surface area contributed by atoms with Crippen molar-refractivity contribution >= 4 is 16.6 Å². The van der Waals surface area contributed by atoms with Crippen LogP contribution in [0.25, 0.3) is 10.9 Å². The summed E-state index contributed by atoms with van der Waals surface area (Å²) in [6.45, 7) is 6.59. The standard InChI is InChI=1S/C32H46N4/c1-3-28-24-19-23(2)21-32(28,33)22-25(20-24)34-17-11-5-4-6-12-18-35-31-26-13-7-9-15-29(26)36-30-16-10-8-14-27(30)31/h3,7,9,13,15,19,24-25,34H,4-6,8,10-12,14,16-18,20-22,33H2,1-2H3,(H,35,36)/b28-3+/t24?,25?,32-/m0/s1. The SMILES string of the molecule is C/C=C1\C2C=C(C)C[C@]1(N)CC(NCCCCCCCNc1c3c(nc4ccccc14)CCCC3)C2. The second-order valence-electron chi connectivity index (χ2n) is 11.6. The Morgan fingerprint density at radius 3 is 2.67 bits per heavy atom. The molecule has 0 amide bonds. The molecule has 3 atom stereocenters. The molecule has 1 heterocycles. The minimum atomic E-state index is -0.124. The number of benzene rings is 1. The number of rotatable bonds is 10. The number of nitrogens with zero attached hydrogens (tertiary/aromatic N) is 1. The van der Waals surface area contributed by atoms with Crippen molar-refractivity contribution in [2.45, 2.75) is 102 Å². The first-order valence-corrected chi connectivity index (χ1v) is 14.6. The molecule has 194 valence electrons. The number of hydrogen-bond acceptors (Lipinski definition) is 4. The first-order chi connectivity index (χ1) is 17.6. The van der Waals surface area contributed by atoms with Gasteiger partial charge in [0.05, 0.1) is 5.52 Å². The zero-order valence-corrected chi connectivity index (χ0v) is 22.5. The molecular formula is C32H46N4. The van der Waals surface area contributed by atoms with Crippen LogP contribution in [-0.2, 0) is 12.8 Å². The fourth-order valence-electron chi connectivity index (χ4n) is 7.21. The summed E-state index contributed by atoms with van der Waals surface area (Å²) < 4.78 is 0. The highest BCUT2D eigenvalue weighted by Gasteiger charge is 2.43. The average molecular weight is 487 g/mol. The van der Waals surface area contributed by atoms with Gasteiger partial charge in [-0.1, -0.05) is 55.2 Å². The Bertz CT molecular complexity index is 1120. The number of allylic oxidation sites excluding steroid dienone is 2. The van der Waals surface area contributed by atoms with Crippen LogP contribution in [-0.4, -0.2) is 29.7 Å². The van der Waals surface area contributed by atoms with Crippen LogP contribution >= 0.6 is 0 Å². The van der Waals surface area contributed by atoms with E-state index in [2.05, 4.69) is 60.9 Å². The second-order valence-corrected chi connectivity index (χ2v) is 11.6. The summed E-state index contributed by atoms with van der Waals surface area (Å²) in [5, 5.41) is 8.97. The fourth-order valence-corrected chi connectivity index (χ4v) is 7.21. The van der Waals surface area contributed by atoms with Crippen LogP contribution in [0.2, 0.25) is 0 Å². The van der Waals surface area contributed by atoms with Gasteiger partial charge in [0.15, 0.2) is 0 Å². The second kappa shape index (κ2) is 11.5. The Hall–Kier alpha value is -2.17. The third kappa shape index (κ3) is 5.55. The number of pyridine rings is 1. The largest absolute Gasteiger partial charge is 0.384 e. The van der Waals surface area contributed by atoms with Crippen LogP contribution in [0.15, 0.2) is 47.6 Å². The molecule has 1 fully saturated rings. The number of nitrogens with one attached hydrogen (secondary N) is 2. The molecule has 2 unspecified atom stereocenters. The zero-order chi connectivity index (χ0) is 25.0. The van der Waals surface area contributed by atoms with Crippen molar-refractivity contribution in [3.8, 4) is 0 Å². The predicted molar refractivity (Wildman–Crippen MR) is 154 cm³/mol. The quantitative estimate of drug-likeness (QED) is 0.254. The molecule has 0 radical (unpaired) electrons. The molecule has 36 heavy (non-hydrogen) atoms. The molecule has 1 aromatic carbocycles. The highest BCUT2D eigenvalue weighted by Crippen LogP contribution is 2.44. The van der Waals surface area contributed by atoms with E-state index in [1.807, 2.05) is 0 Å². The number of aromatic nitrogens is 1. The van der Waals surface area contributed by atoms with E-state index in [1.54, 1.807) is 0 Å². The van der Waals surface area contributed by atoms with Gasteiger partial charge in [0.1, 0.15) is 0 Å². The van der Waals surface area contributed by atoms with E-state index in [1.165, 1.54) is 91.3 Å². The normalized spacial score (nSPS) is 26.6.